The van der Waals surface area contributed by atoms with E-state index in [4.69, 9.17) is 0 Å². The Balaban J connectivity index is 2.72. The van der Waals surface area contributed by atoms with Crippen LogP contribution in [0.3, 0.4) is 0 Å². The van der Waals surface area contributed by atoms with Gasteiger partial charge in [-0.1, -0.05) is 19.9 Å². The molecular formula is C15H24N2O3. The van der Waals surface area contributed by atoms with Gasteiger partial charge in [0.25, 0.3) is 0 Å². The standard InChI is InChI=1S/C15H24N2O3/c1-10(2)7-13(15(20)17(3)4)16-9-11-5-6-12(18)8-14(11)19/h5-6,8,10,13,16,18-19H,7,9H2,1-4H3. The minimum atomic E-state index is -0.279. The van der Waals surface area contributed by atoms with Gasteiger partial charge in [-0.05, 0) is 18.4 Å². The average Bonchev–Trinajstić information content (AvgIpc) is 2.34. The maximum absolute atomic E-state index is 12.1. The third-order valence-corrected chi connectivity index (χ3v) is 3.05. The first-order valence-corrected chi connectivity index (χ1v) is 6.76. The van der Waals surface area contributed by atoms with E-state index in [1.807, 2.05) is 0 Å². The molecule has 20 heavy (non-hydrogen) atoms. The topological polar surface area (TPSA) is 72.8 Å². The summed E-state index contributed by atoms with van der Waals surface area (Å²) in [6.45, 7) is 4.51. The first-order valence-electron chi connectivity index (χ1n) is 6.76. The highest BCUT2D eigenvalue weighted by atomic mass is 16.3. The molecule has 1 aromatic rings. The van der Waals surface area contributed by atoms with E-state index >= 15 is 0 Å². The second-order valence-electron chi connectivity index (χ2n) is 5.61. The number of phenols is 2. The number of likely N-dealkylation sites (N-methyl/N-ethyl adjacent to an activating group) is 1. The molecule has 0 aromatic heterocycles. The fraction of sp³-hybridized carbons (Fsp3) is 0.533. The summed E-state index contributed by atoms with van der Waals surface area (Å²) in [5.41, 5.74) is 0.656. The molecule has 0 saturated heterocycles. The molecule has 0 bridgehead atoms. The van der Waals surface area contributed by atoms with E-state index in [9.17, 15) is 15.0 Å². The number of hydrogen-bond acceptors (Lipinski definition) is 4. The van der Waals surface area contributed by atoms with Crippen LogP contribution in [0.1, 0.15) is 25.8 Å². The van der Waals surface area contributed by atoms with Crippen LogP contribution in [0.15, 0.2) is 18.2 Å². The van der Waals surface area contributed by atoms with Gasteiger partial charge in [0, 0.05) is 32.3 Å². The number of amides is 1. The summed E-state index contributed by atoms with van der Waals surface area (Å²) >= 11 is 0. The van der Waals surface area contributed by atoms with Crippen LogP contribution in [0.2, 0.25) is 0 Å². The molecule has 0 heterocycles. The highest BCUT2D eigenvalue weighted by Gasteiger charge is 2.21. The summed E-state index contributed by atoms with van der Waals surface area (Å²) in [5, 5.41) is 22.2. The van der Waals surface area contributed by atoms with Crippen LogP contribution in [0.4, 0.5) is 0 Å². The fourth-order valence-corrected chi connectivity index (χ4v) is 1.99. The number of rotatable bonds is 6. The Hall–Kier alpha value is -1.75. The number of nitrogens with zero attached hydrogens (tertiary/aromatic N) is 1. The lowest BCUT2D eigenvalue weighted by molar-refractivity contribution is -0.131. The number of phenolic OH excluding ortho intramolecular Hbond substituents is 2. The molecule has 112 valence electrons. The number of carbonyl (C=O) groups excluding carboxylic acids is 1. The fourth-order valence-electron chi connectivity index (χ4n) is 1.99. The maximum atomic E-state index is 12.1. The smallest absolute Gasteiger partial charge is 0.239 e. The Morgan fingerprint density at radius 2 is 1.95 bits per heavy atom. The zero-order valence-electron chi connectivity index (χ0n) is 12.6. The summed E-state index contributed by atoms with van der Waals surface area (Å²) in [7, 11) is 3.46. The molecule has 0 aliphatic carbocycles. The first kappa shape index (κ1) is 16.3. The van der Waals surface area contributed by atoms with Gasteiger partial charge in [0.05, 0.1) is 6.04 Å². The highest BCUT2D eigenvalue weighted by molar-refractivity contribution is 5.81. The minimum absolute atomic E-state index is 0.0225. The Morgan fingerprint density at radius 1 is 1.30 bits per heavy atom. The Morgan fingerprint density at radius 3 is 2.45 bits per heavy atom. The molecule has 1 aromatic carbocycles. The second kappa shape index (κ2) is 7.14. The number of benzene rings is 1. The molecule has 0 aliphatic heterocycles. The van der Waals surface area contributed by atoms with Crippen molar-refractivity contribution >= 4 is 5.91 Å². The van der Waals surface area contributed by atoms with Crippen molar-refractivity contribution in [2.24, 2.45) is 5.92 Å². The molecule has 1 rings (SSSR count). The molecule has 5 nitrogen and oxygen atoms in total. The summed E-state index contributed by atoms with van der Waals surface area (Å²) in [6.07, 6.45) is 0.732. The zero-order chi connectivity index (χ0) is 15.3. The van der Waals surface area contributed by atoms with Gasteiger partial charge in [-0.3, -0.25) is 4.79 Å². The molecule has 0 spiro atoms. The van der Waals surface area contributed by atoms with Crippen molar-refractivity contribution in [1.29, 1.82) is 0 Å². The van der Waals surface area contributed by atoms with Crippen molar-refractivity contribution in [3.8, 4) is 11.5 Å². The molecule has 0 saturated carbocycles. The molecule has 0 aliphatic rings. The van der Waals surface area contributed by atoms with Crippen molar-refractivity contribution in [3.63, 3.8) is 0 Å². The van der Waals surface area contributed by atoms with E-state index in [1.54, 1.807) is 25.1 Å². The van der Waals surface area contributed by atoms with Crippen LogP contribution in [-0.2, 0) is 11.3 Å². The quantitative estimate of drug-likeness (QED) is 0.741. The predicted octanol–water partition coefficient (Wildman–Crippen LogP) is 1.69. The monoisotopic (exact) mass is 280 g/mol. The Kier molecular flexibility index (Phi) is 5.82. The van der Waals surface area contributed by atoms with E-state index < -0.39 is 0 Å². The molecule has 5 heteroatoms. The number of nitrogens with one attached hydrogen (secondary N) is 1. The van der Waals surface area contributed by atoms with Gasteiger partial charge in [0.1, 0.15) is 11.5 Å². The third kappa shape index (κ3) is 4.74. The van der Waals surface area contributed by atoms with E-state index in [-0.39, 0.29) is 23.4 Å². The van der Waals surface area contributed by atoms with Crippen LogP contribution in [0, 0.1) is 5.92 Å². The van der Waals surface area contributed by atoms with Gasteiger partial charge < -0.3 is 20.4 Å². The summed E-state index contributed by atoms with van der Waals surface area (Å²) in [5.74, 6) is 0.467. The predicted molar refractivity (Wildman–Crippen MR) is 78.5 cm³/mol. The van der Waals surface area contributed by atoms with Gasteiger partial charge in [-0.25, -0.2) is 0 Å². The molecular weight excluding hydrogens is 256 g/mol. The summed E-state index contributed by atoms with van der Waals surface area (Å²) in [4.78, 5) is 13.7. The van der Waals surface area contributed by atoms with Gasteiger partial charge in [-0.15, -0.1) is 0 Å². The lowest BCUT2D eigenvalue weighted by Gasteiger charge is -2.23. The maximum Gasteiger partial charge on any atom is 0.239 e. The molecule has 0 radical (unpaired) electrons. The minimum Gasteiger partial charge on any atom is -0.508 e. The SMILES string of the molecule is CC(C)CC(NCc1ccc(O)cc1O)C(=O)N(C)C. The van der Waals surface area contributed by atoms with Gasteiger partial charge >= 0.3 is 0 Å². The second-order valence-corrected chi connectivity index (χ2v) is 5.61. The first-order chi connectivity index (χ1) is 9.31. The van der Waals surface area contributed by atoms with Crippen molar-refractivity contribution < 1.29 is 15.0 Å². The molecule has 0 fully saturated rings. The van der Waals surface area contributed by atoms with Gasteiger partial charge in [0.2, 0.25) is 5.91 Å². The van der Waals surface area contributed by atoms with Crippen molar-refractivity contribution in [2.45, 2.75) is 32.9 Å². The summed E-state index contributed by atoms with van der Waals surface area (Å²) < 4.78 is 0. The Labute approximate surface area is 120 Å². The van der Waals surface area contributed by atoms with Crippen LogP contribution in [-0.4, -0.2) is 41.2 Å². The summed E-state index contributed by atoms with van der Waals surface area (Å²) in [6, 6.07) is 4.17. The number of aromatic hydroxyl groups is 2. The van der Waals surface area contributed by atoms with E-state index in [0.29, 0.717) is 18.0 Å². The van der Waals surface area contributed by atoms with Crippen LogP contribution in [0.5, 0.6) is 11.5 Å². The van der Waals surface area contributed by atoms with Gasteiger partial charge in [0.15, 0.2) is 0 Å². The molecule has 1 atom stereocenters. The Bertz CT molecular complexity index is 458. The average molecular weight is 280 g/mol. The van der Waals surface area contributed by atoms with Crippen LogP contribution < -0.4 is 5.32 Å². The third-order valence-electron chi connectivity index (χ3n) is 3.05. The largest absolute Gasteiger partial charge is 0.508 e. The van der Waals surface area contributed by atoms with Crippen molar-refractivity contribution in [3.05, 3.63) is 23.8 Å². The lowest BCUT2D eigenvalue weighted by atomic mass is 10.0. The van der Waals surface area contributed by atoms with E-state index in [1.165, 1.54) is 12.1 Å². The van der Waals surface area contributed by atoms with Crippen molar-refractivity contribution in [2.75, 3.05) is 14.1 Å². The number of hydrogen-bond donors (Lipinski definition) is 3. The molecule has 1 unspecified atom stereocenters. The zero-order valence-corrected chi connectivity index (χ0v) is 12.6. The lowest BCUT2D eigenvalue weighted by Crippen LogP contribution is -2.44. The van der Waals surface area contributed by atoms with Crippen LogP contribution in [0.25, 0.3) is 0 Å². The van der Waals surface area contributed by atoms with E-state index in [0.717, 1.165) is 6.42 Å². The van der Waals surface area contributed by atoms with E-state index in [2.05, 4.69) is 19.2 Å². The number of carbonyl (C=O) groups is 1. The highest BCUT2D eigenvalue weighted by Crippen LogP contribution is 2.22. The normalized spacial score (nSPS) is 12.4. The molecule has 1 amide bonds. The molecule has 3 N–H and O–H groups in total. The van der Waals surface area contributed by atoms with Crippen molar-refractivity contribution in [1.82, 2.24) is 10.2 Å². The van der Waals surface area contributed by atoms with Crippen LogP contribution >= 0.6 is 0 Å². The van der Waals surface area contributed by atoms with Gasteiger partial charge in [-0.2, -0.15) is 0 Å².